The van der Waals surface area contributed by atoms with E-state index in [0.29, 0.717) is 34.9 Å². The largest absolute Gasteiger partial charge is 0.369 e. The molecule has 1 unspecified atom stereocenters. The molecule has 1 saturated heterocycles. The number of likely N-dealkylation sites (tertiary alicyclic amines) is 1. The third kappa shape index (κ3) is 6.01. The Morgan fingerprint density at radius 3 is 2.13 bits per heavy atom. The minimum absolute atomic E-state index is 0.0558. The molecule has 1 atom stereocenters. The van der Waals surface area contributed by atoms with E-state index < -0.39 is 10.8 Å². The molecule has 4 rings (SSSR count). The zero-order chi connectivity index (χ0) is 27.3. The molecule has 1 aliphatic rings. The number of carbonyl (C=O) groups excluding carboxylic acids is 2. The zero-order valence-electron chi connectivity index (χ0n) is 21.6. The highest BCUT2D eigenvalue weighted by atomic mass is 35.5. The molecular weight excluding hydrogens is 517 g/mol. The van der Waals surface area contributed by atoms with Gasteiger partial charge in [-0.25, -0.2) is 0 Å². The summed E-state index contributed by atoms with van der Waals surface area (Å²) in [5.41, 5.74) is 7.21. The fraction of sp³-hybridized carbons (Fsp3) is 0.323. The molecule has 1 heterocycles. The predicted molar refractivity (Wildman–Crippen MR) is 155 cm³/mol. The molecule has 3 N–H and O–H groups in total. The molecule has 7 heteroatoms. The van der Waals surface area contributed by atoms with Crippen LogP contribution in [0.4, 0.5) is 0 Å². The lowest BCUT2D eigenvalue weighted by Crippen LogP contribution is -2.50. The summed E-state index contributed by atoms with van der Waals surface area (Å²) < 4.78 is 0. The van der Waals surface area contributed by atoms with Gasteiger partial charge in [0.15, 0.2) is 0 Å². The Balaban J connectivity index is 1.51. The highest BCUT2D eigenvalue weighted by Crippen LogP contribution is 2.38. The molecule has 1 amide bonds. The van der Waals surface area contributed by atoms with Crippen molar-refractivity contribution in [1.82, 2.24) is 4.90 Å². The average molecular weight is 551 g/mol. The lowest BCUT2D eigenvalue weighted by atomic mass is 9.71. The Morgan fingerprint density at radius 1 is 0.947 bits per heavy atom. The first-order chi connectivity index (χ1) is 18.1. The van der Waals surface area contributed by atoms with Crippen molar-refractivity contribution in [2.24, 2.45) is 5.73 Å². The van der Waals surface area contributed by atoms with Crippen LogP contribution in [0.3, 0.4) is 0 Å². The monoisotopic (exact) mass is 549 g/mol. The Morgan fingerprint density at radius 2 is 1.55 bits per heavy atom. The topological polar surface area (TPSA) is 87.2 Å². The van der Waals surface area contributed by atoms with Gasteiger partial charge in [-0.1, -0.05) is 96.9 Å². The molecule has 3 aromatic rings. The first kappa shape index (κ1) is 28.0. The molecule has 0 aliphatic carbocycles. The first-order valence-corrected chi connectivity index (χ1v) is 13.6. The van der Waals surface area contributed by atoms with E-state index in [1.807, 2.05) is 48.5 Å². The van der Waals surface area contributed by atoms with Crippen molar-refractivity contribution in [1.29, 1.82) is 5.41 Å². The molecule has 1 fully saturated rings. The number of piperidine rings is 1. The maximum absolute atomic E-state index is 13.0. The van der Waals surface area contributed by atoms with Crippen molar-refractivity contribution < 1.29 is 9.59 Å². The number of hydrogen-bond donors (Lipinski definition) is 2. The summed E-state index contributed by atoms with van der Waals surface area (Å²) in [6.07, 6.45) is 2.27. The molecule has 38 heavy (non-hydrogen) atoms. The third-order valence-electron chi connectivity index (χ3n) is 7.98. The van der Waals surface area contributed by atoms with Crippen LogP contribution in [-0.4, -0.2) is 41.9 Å². The van der Waals surface area contributed by atoms with Gasteiger partial charge in [0.2, 0.25) is 11.7 Å². The molecule has 0 saturated carbocycles. The van der Waals surface area contributed by atoms with Crippen LogP contribution in [0.5, 0.6) is 0 Å². The number of hydrogen-bond acceptors (Lipinski definition) is 4. The second kappa shape index (κ2) is 11.8. The fourth-order valence-electron chi connectivity index (χ4n) is 5.44. The number of nitrogens with zero attached hydrogens (tertiary/aromatic N) is 1. The smallest absolute Gasteiger partial charge is 0.228 e. The zero-order valence-corrected chi connectivity index (χ0v) is 23.1. The number of ketones is 1. The molecular formula is C31H33Cl2N3O2. The molecule has 5 nitrogen and oxygen atoms in total. The number of Topliss-reactive ketones (excluding diaryl/α,β-unsaturated/α-hetero) is 1. The van der Waals surface area contributed by atoms with Crippen molar-refractivity contribution in [3.8, 4) is 0 Å². The summed E-state index contributed by atoms with van der Waals surface area (Å²) in [5, 5.41) is 9.59. The minimum atomic E-state index is -0.658. The van der Waals surface area contributed by atoms with E-state index in [-0.39, 0.29) is 23.8 Å². The summed E-state index contributed by atoms with van der Waals surface area (Å²) >= 11 is 12.6. The van der Waals surface area contributed by atoms with Gasteiger partial charge in [0.25, 0.3) is 0 Å². The second-order valence-electron chi connectivity index (χ2n) is 10.4. The van der Waals surface area contributed by atoms with Gasteiger partial charge < -0.3 is 16.0 Å². The van der Waals surface area contributed by atoms with E-state index in [2.05, 4.69) is 11.8 Å². The van der Waals surface area contributed by atoms with Crippen molar-refractivity contribution in [2.75, 3.05) is 19.6 Å². The molecule has 0 spiro atoms. The van der Waals surface area contributed by atoms with Crippen LogP contribution in [0.2, 0.25) is 10.0 Å². The first-order valence-electron chi connectivity index (χ1n) is 12.9. The van der Waals surface area contributed by atoms with Crippen LogP contribution in [0.1, 0.15) is 54.1 Å². The van der Waals surface area contributed by atoms with Crippen LogP contribution in [0, 0.1) is 5.41 Å². The van der Waals surface area contributed by atoms with Crippen molar-refractivity contribution in [2.45, 2.75) is 43.4 Å². The Labute approximate surface area is 234 Å². The van der Waals surface area contributed by atoms with E-state index >= 15 is 0 Å². The van der Waals surface area contributed by atoms with Crippen molar-refractivity contribution in [3.63, 3.8) is 0 Å². The van der Waals surface area contributed by atoms with Gasteiger partial charge in [-0.15, -0.1) is 0 Å². The minimum Gasteiger partial charge on any atom is -0.369 e. The number of amides is 1. The van der Waals surface area contributed by atoms with Gasteiger partial charge in [0.05, 0.1) is 21.2 Å². The molecule has 0 radical (unpaired) electrons. The summed E-state index contributed by atoms with van der Waals surface area (Å²) in [6, 6.07) is 24.3. The van der Waals surface area contributed by atoms with E-state index in [9.17, 15) is 9.59 Å². The summed E-state index contributed by atoms with van der Waals surface area (Å²) in [7, 11) is 0. The van der Waals surface area contributed by atoms with Crippen LogP contribution in [0.25, 0.3) is 0 Å². The van der Waals surface area contributed by atoms with Gasteiger partial charge in [0.1, 0.15) is 0 Å². The maximum atomic E-state index is 13.0. The number of rotatable bonds is 10. The van der Waals surface area contributed by atoms with Crippen molar-refractivity contribution in [3.05, 3.63) is 106 Å². The third-order valence-corrected chi connectivity index (χ3v) is 8.72. The molecule has 3 aromatic carbocycles. The highest BCUT2D eigenvalue weighted by molar-refractivity contribution is 6.45. The summed E-state index contributed by atoms with van der Waals surface area (Å²) in [5.74, 6) is -0.555. The predicted octanol–water partition coefficient (Wildman–Crippen LogP) is 6.45. The number of primary amides is 1. The highest BCUT2D eigenvalue weighted by Gasteiger charge is 2.42. The molecule has 0 bridgehead atoms. The molecule has 1 aliphatic heterocycles. The SMILES string of the molecule is CC(CCN1CCC(C(N)=O)(c2ccccc2)CC1)(CC(=N)C(=O)c1ccccc1)c1ccc(Cl)c(Cl)c1. The lowest BCUT2D eigenvalue weighted by molar-refractivity contribution is -0.125. The normalized spacial score (nSPS) is 16.9. The Kier molecular flexibility index (Phi) is 8.71. The van der Waals surface area contributed by atoms with Crippen LogP contribution in [0.15, 0.2) is 78.9 Å². The van der Waals surface area contributed by atoms with Gasteiger partial charge in [0, 0.05) is 12.0 Å². The standard InChI is InChI=1S/C31H33Cl2N3O2/c1-30(24-12-13-25(32)26(33)20-24,21-27(34)28(37)22-8-4-2-5-9-22)14-17-36-18-15-31(16-19-36,29(35)38)23-10-6-3-7-11-23/h2-13,20,34H,14-19,21H2,1H3,(H2,35,38). The van der Waals surface area contributed by atoms with Gasteiger partial charge >= 0.3 is 0 Å². The van der Waals surface area contributed by atoms with E-state index in [1.165, 1.54) is 0 Å². The number of benzene rings is 3. The number of nitrogens with two attached hydrogens (primary N) is 1. The van der Waals surface area contributed by atoms with Gasteiger partial charge in [-0.2, -0.15) is 0 Å². The molecule has 198 valence electrons. The van der Waals surface area contributed by atoms with Crippen LogP contribution in [-0.2, 0) is 15.6 Å². The van der Waals surface area contributed by atoms with E-state index in [0.717, 1.165) is 30.8 Å². The Bertz CT molecular complexity index is 1310. The number of halogens is 2. The quantitative estimate of drug-likeness (QED) is 0.225. The number of carbonyl (C=O) groups is 2. The van der Waals surface area contributed by atoms with Gasteiger partial charge in [-0.05, 0) is 67.6 Å². The van der Waals surface area contributed by atoms with E-state index in [1.54, 1.807) is 30.3 Å². The van der Waals surface area contributed by atoms with Crippen LogP contribution < -0.4 is 5.73 Å². The summed E-state index contributed by atoms with van der Waals surface area (Å²) in [4.78, 5) is 27.9. The Hall–Kier alpha value is -2.99. The van der Waals surface area contributed by atoms with Crippen molar-refractivity contribution >= 4 is 40.6 Å². The average Bonchev–Trinajstić information content (AvgIpc) is 2.94. The maximum Gasteiger partial charge on any atom is 0.228 e. The number of nitrogens with one attached hydrogen (secondary N) is 1. The lowest BCUT2D eigenvalue weighted by Gasteiger charge is -2.41. The van der Waals surface area contributed by atoms with Gasteiger partial charge in [-0.3, -0.25) is 9.59 Å². The fourth-order valence-corrected chi connectivity index (χ4v) is 5.74. The second-order valence-corrected chi connectivity index (χ2v) is 11.3. The van der Waals surface area contributed by atoms with Crippen LogP contribution >= 0.6 is 23.2 Å². The van der Waals surface area contributed by atoms with E-state index in [4.69, 9.17) is 34.3 Å². The summed E-state index contributed by atoms with van der Waals surface area (Å²) in [6.45, 7) is 4.28. The molecule has 0 aromatic heterocycles.